The highest BCUT2D eigenvalue weighted by molar-refractivity contribution is 7.17. The number of benzene rings is 10. The first-order valence-electron chi connectivity index (χ1n) is 22.6. The monoisotopic (exact) mass is 857 g/mol. The van der Waals surface area contributed by atoms with E-state index in [9.17, 15) is 0 Å². The van der Waals surface area contributed by atoms with Gasteiger partial charge in [-0.05, 0) is 136 Å². The Hall–Kier alpha value is -8.44. The summed E-state index contributed by atoms with van der Waals surface area (Å²) in [6, 6.07) is 84.8. The van der Waals surface area contributed by atoms with Gasteiger partial charge in [0, 0.05) is 65.0 Å². The average molecular weight is 858 g/mol. The van der Waals surface area contributed by atoms with E-state index in [1.165, 1.54) is 120 Å². The van der Waals surface area contributed by atoms with Crippen LogP contribution in [-0.4, -0.2) is 13.7 Å². The minimum atomic E-state index is 1.16. The number of fused-ring (bicyclic) bond motifs is 10. The van der Waals surface area contributed by atoms with Crippen LogP contribution in [0.4, 0.5) is 0 Å². The number of rotatable bonds is 6. The zero-order chi connectivity index (χ0) is 43.3. The Kier molecular flexibility index (Phi) is 8.15. The lowest BCUT2D eigenvalue weighted by Gasteiger charge is -2.10. The number of thiophene rings is 1. The summed E-state index contributed by atoms with van der Waals surface area (Å²) in [5.41, 5.74) is 18.0. The van der Waals surface area contributed by atoms with Gasteiger partial charge in [0.05, 0.1) is 33.1 Å². The van der Waals surface area contributed by atoms with Crippen molar-refractivity contribution >= 4 is 86.8 Å². The minimum Gasteiger partial charge on any atom is -0.309 e. The molecule has 14 aromatic rings. The van der Waals surface area contributed by atoms with Crippen LogP contribution in [0.15, 0.2) is 236 Å². The zero-order valence-electron chi connectivity index (χ0n) is 35.8. The first-order chi connectivity index (χ1) is 32.7. The Morgan fingerprint density at radius 1 is 0.242 bits per heavy atom. The Labute approximate surface area is 384 Å². The Bertz CT molecular complexity index is 3990. The zero-order valence-corrected chi connectivity index (χ0v) is 36.6. The van der Waals surface area contributed by atoms with Gasteiger partial charge >= 0.3 is 0 Å². The van der Waals surface area contributed by atoms with Crippen LogP contribution in [0.3, 0.4) is 0 Å². The van der Waals surface area contributed by atoms with Crippen LogP contribution >= 0.6 is 11.3 Å². The van der Waals surface area contributed by atoms with Gasteiger partial charge in [0.15, 0.2) is 0 Å². The van der Waals surface area contributed by atoms with Crippen LogP contribution in [0.2, 0.25) is 0 Å². The number of para-hydroxylation sites is 4. The quantitative estimate of drug-likeness (QED) is 0.158. The lowest BCUT2D eigenvalue weighted by Crippen LogP contribution is -1.94. The molecule has 0 saturated carbocycles. The molecule has 0 radical (unpaired) electrons. The molecule has 14 rings (SSSR count). The molecule has 0 aliphatic rings. The van der Waals surface area contributed by atoms with Crippen molar-refractivity contribution < 1.29 is 0 Å². The first-order valence-corrected chi connectivity index (χ1v) is 23.4. The average Bonchev–Trinajstić information content (AvgIpc) is 4.14. The molecule has 0 aliphatic heterocycles. The molecular weight excluding hydrogens is 819 g/mol. The van der Waals surface area contributed by atoms with Crippen molar-refractivity contribution in [2.45, 2.75) is 0 Å². The predicted molar refractivity (Wildman–Crippen MR) is 281 cm³/mol. The number of hydrogen-bond acceptors (Lipinski definition) is 1. The molecule has 308 valence electrons. The van der Waals surface area contributed by atoms with Crippen LogP contribution in [0, 0.1) is 0 Å². The molecule has 0 unspecified atom stereocenters. The Balaban J connectivity index is 0.979. The molecule has 4 aromatic heterocycles. The molecule has 4 heterocycles. The summed E-state index contributed by atoms with van der Waals surface area (Å²) < 4.78 is 8.53. The predicted octanol–water partition coefficient (Wildman–Crippen LogP) is 17.2. The van der Waals surface area contributed by atoms with E-state index in [0.29, 0.717) is 0 Å². The maximum Gasteiger partial charge on any atom is 0.0541 e. The van der Waals surface area contributed by atoms with Gasteiger partial charge in [0.2, 0.25) is 0 Å². The Morgan fingerprint density at radius 3 is 1.09 bits per heavy atom. The molecule has 0 fully saturated rings. The van der Waals surface area contributed by atoms with E-state index in [-0.39, 0.29) is 0 Å². The molecule has 10 aromatic carbocycles. The fourth-order valence-corrected chi connectivity index (χ4v) is 11.6. The van der Waals surface area contributed by atoms with Crippen molar-refractivity contribution in [1.29, 1.82) is 0 Å². The van der Waals surface area contributed by atoms with E-state index in [0.717, 1.165) is 5.69 Å². The highest BCUT2D eigenvalue weighted by atomic mass is 32.1. The maximum atomic E-state index is 2.47. The summed E-state index contributed by atoms with van der Waals surface area (Å²) in [7, 11) is 0. The second kappa shape index (κ2) is 14.5. The van der Waals surface area contributed by atoms with Gasteiger partial charge in [-0.25, -0.2) is 0 Å². The number of hydrogen-bond donors (Lipinski definition) is 0. The van der Waals surface area contributed by atoms with E-state index in [1.807, 2.05) is 11.3 Å². The van der Waals surface area contributed by atoms with E-state index in [2.05, 4.69) is 250 Å². The van der Waals surface area contributed by atoms with Gasteiger partial charge in [-0.1, -0.05) is 127 Å². The largest absolute Gasteiger partial charge is 0.309 e. The van der Waals surface area contributed by atoms with E-state index in [1.54, 1.807) is 0 Å². The Morgan fingerprint density at radius 2 is 0.621 bits per heavy atom. The van der Waals surface area contributed by atoms with Gasteiger partial charge in [-0.15, -0.1) is 11.3 Å². The van der Waals surface area contributed by atoms with Crippen LogP contribution in [0.25, 0.3) is 126 Å². The van der Waals surface area contributed by atoms with Crippen LogP contribution in [0.5, 0.6) is 0 Å². The standard InChI is InChI=1S/C62H39N3S/c1-4-14-40(15-5-1)55-39-66-62-33-28-47(38-54(55)62)65-60-31-26-43(41-24-29-58-50(34-41)48-20-10-12-22-56(48)63(58)45-16-6-2-7-17-45)36-52(60)53-37-44(27-32-61(53)65)42-25-30-59-51(35-42)49-21-11-13-23-57(49)64(59)46-18-8-3-9-19-46/h1-39H. The van der Waals surface area contributed by atoms with E-state index < -0.39 is 0 Å². The first kappa shape index (κ1) is 37.0. The third-order valence-electron chi connectivity index (χ3n) is 13.7. The van der Waals surface area contributed by atoms with Crippen molar-refractivity contribution in [1.82, 2.24) is 13.7 Å². The van der Waals surface area contributed by atoms with Crippen molar-refractivity contribution in [3.05, 3.63) is 236 Å². The van der Waals surface area contributed by atoms with E-state index in [4.69, 9.17) is 0 Å². The highest BCUT2D eigenvalue weighted by Gasteiger charge is 2.19. The van der Waals surface area contributed by atoms with Crippen molar-refractivity contribution in [2.24, 2.45) is 0 Å². The van der Waals surface area contributed by atoms with Gasteiger partial charge in [0.1, 0.15) is 0 Å². The molecule has 66 heavy (non-hydrogen) atoms. The second-order valence-electron chi connectivity index (χ2n) is 17.3. The smallest absolute Gasteiger partial charge is 0.0541 e. The molecule has 0 saturated heterocycles. The molecular formula is C62H39N3S. The molecule has 3 nitrogen and oxygen atoms in total. The third kappa shape index (κ3) is 5.62. The summed E-state index contributed by atoms with van der Waals surface area (Å²) in [4.78, 5) is 0. The van der Waals surface area contributed by atoms with Gasteiger partial charge in [-0.3, -0.25) is 0 Å². The third-order valence-corrected chi connectivity index (χ3v) is 14.7. The van der Waals surface area contributed by atoms with Crippen LogP contribution < -0.4 is 0 Å². The highest BCUT2D eigenvalue weighted by Crippen LogP contribution is 2.42. The lowest BCUT2D eigenvalue weighted by atomic mass is 9.98. The lowest BCUT2D eigenvalue weighted by molar-refractivity contribution is 1.18. The molecule has 0 spiro atoms. The van der Waals surface area contributed by atoms with Gasteiger partial charge in [0.25, 0.3) is 0 Å². The van der Waals surface area contributed by atoms with Crippen molar-refractivity contribution in [2.75, 3.05) is 0 Å². The summed E-state index contributed by atoms with van der Waals surface area (Å²) in [6.07, 6.45) is 0. The maximum absolute atomic E-state index is 2.47. The summed E-state index contributed by atoms with van der Waals surface area (Å²) in [6.45, 7) is 0. The fraction of sp³-hybridized carbons (Fsp3) is 0. The van der Waals surface area contributed by atoms with Crippen LogP contribution in [0.1, 0.15) is 0 Å². The fourth-order valence-electron chi connectivity index (χ4n) is 10.7. The van der Waals surface area contributed by atoms with E-state index >= 15 is 0 Å². The second-order valence-corrected chi connectivity index (χ2v) is 18.2. The van der Waals surface area contributed by atoms with Gasteiger partial charge in [-0.2, -0.15) is 0 Å². The topological polar surface area (TPSA) is 14.8 Å². The number of nitrogens with zero attached hydrogens (tertiary/aromatic N) is 3. The molecule has 0 amide bonds. The number of aromatic nitrogens is 3. The van der Waals surface area contributed by atoms with Gasteiger partial charge < -0.3 is 13.7 Å². The normalized spacial score (nSPS) is 11.9. The van der Waals surface area contributed by atoms with Crippen molar-refractivity contribution in [3.8, 4) is 50.4 Å². The molecule has 0 N–H and O–H groups in total. The van der Waals surface area contributed by atoms with Crippen LogP contribution in [-0.2, 0) is 0 Å². The summed E-state index contributed by atoms with van der Waals surface area (Å²) >= 11 is 1.81. The SMILES string of the molecule is c1ccc(-c2csc3ccc(-n4c5ccc(-c6ccc7c(c6)c6ccccc6n7-c6ccccc6)cc5c5cc(-c6ccc7c(c6)c6ccccc6n7-c6ccccc6)ccc54)cc23)cc1. The molecule has 4 heteroatoms. The summed E-state index contributed by atoms with van der Waals surface area (Å²) in [5.74, 6) is 0. The van der Waals surface area contributed by atoms with Crippen molar-refractivity contribution in [3.63, 3.8) is 0 Å². The molecule has 0 bridgehead atoms. The summed E-state index contributed by atoms with van der Waals surface area (Å²) in [5, 5.41) is 11.0. The molecule has 0 aliphatic carbocycles. The molecule has 0 atom stereocenters. The minimum absolute atomic E-state index is 1.16.